The average Bonchev–Trinajstić information content (AvgIpc) is 2.70. The fourth-order valence-electron chi connectivity index (χ4n) is 2.43. The molecule has 0 atom stereocenters. The van der Waals surface area contributed by atoms with Crippen LogP contribution in [0.1, 0.15) is 43.6 Å². The third-order valence-electron chi connectivity index (χ3n) is 4.53. The second kappa shape index (κ2) is 6.66. The number of phenols is 1. The van der Waals surface area contributed by atoms with E-state index in [1.54, 1.807) is 13.1 Å². The van der Waals surface area contributed by atoms with E-state index in [1.165, 1.54) is 12.1 Å². The lowest BCUT2D eigenvalue weighted by Gasteiger charge is -2.32. The number of nitrogens with one attached hydrogen (secondary N) is 1. The molecule has 1 fully saturated rings. The second-order valence-electron chi connectivity index (χ2n) is 6.90. The Morgan fingerprint density at radius 1 is 1.29 bits per heavy atom. The lowest BCUT2D eigenvalue weighted by molar-refractivity contribution is 0.00578. The molecule has 1 heterocycles. The number of halogens is 1. The van der Waals surface area contributed by atoms with Crippen molar-refractivity contribution in [3.8, 4) is 5.75 Å². The zero-order chi connectivity index (χ0) is 18.1. The fraction of sp³-hybridized carbons (Fsp3) is 0.471. The number of hydrogen-bond acceptors (Lipinski definition) is 5. The van der Waals surface area contributed by atoms with Crippen LogP contribution >= 0.6 is 0 Å². The molecule has 0 unspecified atom stereocenters. The quantitative estimate of drug-likeness (QED) is 0.639. The van der Waals surface area contributed by atoms with Gasteiger partial charge in [0.1, 0.15) is 0 Å². The van der Waals surface area contributed by atoms with Gasteiger partial charge in [0.25, 0.3) is 0 Å². The van der Waals surface area contributed by atoms with Crippen molar-refractivity contribution >= 4 is 19.5 Å². The first-order chi connectivity index (χ1) is 11.1. The normalized spacial score (nSPS) is 19.6. The SMILES string of the molecule is CNCC(=Cc1cc(F)c(O)c(C=O)c1)B1OC(C)(C)C(C)(C)O1. The maximum Gasteiger partial charge on any atom is 0.491 e. The van der Waals surface area contributed by atoms with E-state index in [-0.39, 0.29) is 5.56 Å². The summed E-state index contributed by atoms with van der Waals surface area (Å²) >= 11 is 0. The average molecular weight is 335 g/mol. The molecule has 1 saturated heterocycles. The number of carbonyl (C=O) groups is 1. The Bertz CT molecular complexity index is 657. The van der Waals surface area contributed by atoms with Gasteiger partial charge in [-0.15, -0.1) is 0 Å². The largest absolute Gasteiger partial charge is 0.504 e. The molecule has 0 bridgehead atoms. The standard InChI is InChI=1S/C17H23BFNO4/c1-16(2)17(3,4)24-18(23-16)13(9-20-5)7-11-6-12(10-21)15(22)14(19)8-11/h6-8,10,20,22H,9H2,1-5H3. The van der Waals surface area contributed by atoms with Crippen LogP contribution < -0.4 is 5.32 Å². The van der Waals surface area contributed by atoms with Crippen molar-refractivity contribution in [1.82, 2.24) is 5.32 Å². The molecule has 5 nitrogen and oxygen atoms in total. The van der Waals surface area contributed by atoms with E-state index in [0.29, 0.717) is 18.4 Å². The van der Waals surface area contributed by atoms with Gasteiger partial charge < -0.3 is 19.7 Å². The van der Waals surface area contributed by atoms with E-state index in [9.17, 15) is 14.3 Å². The summed E-state index contributed by atoms with van der Waals surface area (Å²) in [7, 11) is 1.20. The van der Waals surface area contributed by atoms with Gasteiger partial charge >= 0.3 is 7.12 Å². The number of aldehydes is 1. The fourth-order valence-corrected chi connectivity index (χ4v) is 2.43. The molecule has 0 aliphatic carbocycles. The first-order valence-electron chi connectivity index (χ1n) is 7.79. The molecule has 2 rings (SSSR count). The highest BCUT2D eigenvalue weighted by Crippen LogP contribution is 2.38. The van der Waals surface area contributed by atoms with E-state index >= 15 is 0 Å². The van der Waals surface area contributed by atoms with Gasteiger partial charge in [0.2, 0.25) is 0 Å². The van der Waals surface area contributed by atoms with Crippen LogP contribution in [0, 0.1) is 5.82 Å². The first kappa shape index (κ1) is 18.6. The Hall–Kier alpha value is -1.70. The predicted molar refractivity (Wildman–Crippen MR) is 91.4 cm³/mol. The van der Waals surface area contributed by atoms with Gasteiger partial charge in [0.15, 0.2) is 17.9 Å². The Morgan fingerprint density at radius 2 is 1.88 bits per heavy atom. The highest BCUT2D eigenvalue weighted by Gasteiger charge is 2.52. The van der Waals surface area contributed by atoms with E-state index in [4.69, 9.17) is 9.31 Å². The molecule has 1 aliphatic heterocycles. The molecule has 130 valence electrons. The van der Waals surface area contributed by atoms with Crippen LogP contribution in [-0.4, -0.2) is 43.3 Å². The Morgan fingerprint density at radius 3 is 2.38 bits per heavy atom. The van der Waals surface area contributed by atoms with Gasteiger partial charge in [-0.1, -0.05) is 6.08 Å². The number of likely N-dealkylation sites (N-methyl/N-ethyl adjacent to an activating group) is 1. The molecule has 0 radical (unpaired) electrons. The molecule has 0 spiro atoms. The minimum absolute atomic E-state index is 0.0982. The molecular formula is C17H23BFNO4. The second-order valence-corrected chi connectivity index (χ2v) is 6.90. The number of aromatic hydroxyl groups is 1. The summed E-state index contributed by atoms with van der Waals surface area (Å²) < 4.78 is 25.8. The van der Waals surface area contributed by atoms with E-state index in [2.05, 4.69) is 5.32 Å². The van der Waals surface area contributed by atoms with E-state index in [1.807, 2.05) is 27.7 Å². The smallest absolute Gasteiger partial charge is 0.491 e. The number of carbonyl (C=O) groups excluding carboxylic acids is 1. The summed E-state index contributed by atoms with van der Waals surface area (Å²) in [5.74, 6) is -1.49. The van der Waals surface area contributed by atoms with Crippen LogP contribution in [0.2, 0.25) is 0 Å². The summed E-state index contributed by atoms with van der Waals surface area (Å²) in [6.45, 7) is 8.28. The number of benzene rings is 1. The molecule has 0 saturated carbocycles. The van der Waals surface area contributed by atoms with Crippen molar-refractivity contribution in [3.05, 3.63) is 34.5 Å². The van der Waals surface area contributed by atoms with E-state index < -0.39 is 29.9 Å². The van der Waals surface area contributed by atoms with Gasteiger partial charge in [0, 0.05) is 6.54 Å². The molecule has 2 N–H and O–H groups in total. The molecule has 0 amide bonds. The van der Waals surface area contributed by atoms with Crippen molar-refractivity contribution in [2.24, 2.45) is 0 Å². The van der Waals surface area contributed by atoms with Gasteiger partial charge in [-0.25, -0.2) is 4.39 Å². The molecule has 1 aliphatic rings. The van der Waals surface area contributed by atoms with Gasteiger partial charge in [0.05, 0.1) is 16.8 Å². The third-order valence-corrected chi connectivity index (χ3v) is 4.53. The molecule has 0 aromatic heterocycles. The maximum absolute atomic E-state index is 13.8. The maximum atomic E-state index is 13.8. The molecular weight excluding hydrogens is 312 g/mol. The van der Waals surface area contributed by atoms with Crippen molar-refractivity contribution in [3.63, 3.8) is 0 Å². The zero-order valence-electron chi connectivity index (χ0n) is 14.6. The zero-order valence-corrected chi connectivity index (χ0v) is 14.6. The summed E-state index contributed by atoms with van der Waals surface area (Å²) in [6, 6.07) is 2.59. The monoisotopic (exact) mass is 335 g/mol. The summed E-state index contributed by atoms with van der Waals surface area (Å²) in [5.41, 5.74) is 0.140. The summed E-state index contributed by atoms with van der Waals surface area (Å²) in [6.07, 6.45) is 2.12. The van der Waals surface area contributed by atoms with Crippen molar-refractivity contribution in [1.29, 1.82) is 0 Å². The van der Waals surface area contributed by atoms with Crippen LogP contribution in [0.15, 0.2) is 17.6 Å². The van der Waals surface area contributed by atoms with Crippen molar-refractivity contribution in [2.75, 3.05) is 13.6 Å². The van der Waals surface area contributed by atoms with Crippen LogP contribution in [0.4, 0.5) is 4.39 Å². The van der Waals surface area contributed by atoms with Gasteiger partial charge in [-0.2, -0.15) is 0 Å². The van der Waals surface area contributed by atoms with Gasteiger partial charge in [-0.3, -0.25) is 4.79 Å². The van der Waals surface area contributed by atoms with Gasteiger partial charge in [-0.05, 0) is 57.9 Å². The minimum Gasteiger partial charge on any atom is -0.504 e. The van der Waals surface area contributed by atoms with Crippen LogP contribution in [-0.2, 0) is 9.31 Å². The predicted octanol–water partition coefficient (Wildman–Crippen LogP) is 2.58. The third kappa shape index (κ3) is 3.53. The molecule has 24 heavy (non-hydrogen) atoms. The molecule has 1 aromatic carbocycles. The summed E-state index contributed by atoms with van der Waals surface area (Å²) in [5, 5.41) is 12.6. The summed E-state index contributed by atoms with van der Waals surface area (Å²) in [4.78, 5) is 11.0. The highest BCUT2D eigenvalue weighted by atomic mass is 19.1. The topological polar surface area (TPSA) is 67.8 Å². The molecule has 7 heteroatoms. The van der Waals surface area contributed by atoms with Crippen molar-refractivity contribution < 1.29 is 23.6 Å². The molecule has 1 aromatic rings. The highest BCUT2D eigenvalue weighted by molar-refractivity contribution is 6.55. The number of rotatable bonds is 5. The Kier molecular flexibility index (Phi) is 5.18. The van der Waals surface area contributed by atoms with Crippen molar-refractivity contribution in [2.45, 2.75) is 38.9 Å². The van der Waals surface area contributed by atoms with E-state index in [0.717, 1.165) is 5.47 Å². The lowest BCUT2D eigenvalue weighted by Crippen LogP contribution is -2.41. The first-order valence-corrected chi connectivity index (χ1v) is 7.79. The Labute approximate surface area is 142 Å². The van der Waals surface area contributed by atoms with Crippen LogP contribution in [0.5, 0.6) is 5.75 Å². The number of hydrogen-bond donors (Lipinski definition) is 2. The van der Waals surface area contributed by atoms with Crippen LogP contribution in [0.3, 0.4) is 0 Å². The Balaban J connectivity index is 2.40. The minimum atomic E-state index is -0.844. The number of phenolic OH excluding ortho intramolecular Hbond substituents is 1. The lowest BCUT2D eigenvalue weighted by atomic mass is 9.77. The van der Waals surface area contributed by atoms with Crippen LogP contribution in [0.25, 0.3) is 6.08 Å².